The normalized spacial score (nSPS) is 9.76. The largest absolute Gasteiger partial charge is 0.449 e. The van der Waals surface area contributed by atoms with Crippen molar-refractivity contribution in [3.05, 3.63) is 35.4 Å². The van der Waals surface area contributed by atoms with Crippen LogP contribution < -0.4 is 5.32 Å². The predicted molar refractivity (Wildman–Crippen MR) is 64.2 cm³/mol. The molecule has 17 heavy (non-hydrogen) atoms. The number of ether oxygens (including phenoxy) is 1. The molecule has 0 bridgehead atoms. The standard InChI is InChI=1S/C13H16N2O2/c1-10(2)9-17-13(16)15-8-12-5-3-11(7-14)4-6-12/h3-6,10H,8-9H2,1-2H3,(H,15,16). The number of hydrogen-bond acceptors (Lipinski definition) is 3. The first kappa shape index (κ1) is 13.0. The lowest BCUT2D eigenvalue weighted by atomic mass is 10.1. The van der Waals surface area contributed by atoms with E-state index in [0.29, 0.717) is 24.6 Å². The quantitative estimate of drug-likeness (QED) is 0.867. The number of amides is 1. The molecule has 1 rings (SSSR count). The van der Waals surface area contributed by atoms with Gasteiger partial charge in [-0.2, -0.15) is 5.26 Å². The van der Waals surface area contributed by atoms with Crippen LogP contribution in [0.25, 0.3) is 0 Å². The lowest BCUT2D eigenvalue weighted by Gasteiger charge is -2.08. The average Bonchev–Trinajstić information content (AvgIpc) is 2.34. The van der Waals surface area contributed by atoms with Crippen LogP contribution in [-0.2, 0) is 11.3 Å². The summed E-state index contributed by atoms with van der Waals surface area (Å²) in [5.41, 5.74) is 1.54. The third kappa shape index (κ3) is 5.03. The topological polar surface area (TPSA) is 62.1 Å². The maximum absolute atomic E-state index is 11.3. The second kappa shape index (κ2) is 6.54. The fourth-order valence-electron chi connectivity index (χ4n) is 1.16. The van der Waals surface area contributed by atoms with Crippen LogP contribution >= 0.6 is 0 Å². The highest BCUT2D eigenvalue weighted by Gasteiger charge is 2.03. The Labute approximate surface area is 101 Å². The molecule has 1 amide bonds. The number of nitrogens with zero attached hydrogens (tertiary/aromatic N) is 1. The maximum Gasteiger partial charge on any atom is 0.407 e. The number of nitrogens with one attached hydrogen (secondary N) is 1. The molecule has 1 aromatic carbocycles. The second-order valence-corrected chi connectivity index (χ2v) is 4.15. The Morgan fingerprint density at radius 2 is 2.06 bits per heavy atom. The minimum Gasteiger partial charge on any atom is -0.449 e. The van der Waals surface area contributed by atoms with Crippen LogP contribution in [-0.4, -0.2) is 12.7 Å². The molecule has 0 radical (unpaired) electrons. The van der Waals surface area contributed by atoms with Crippen molar-refractivity contribution in [2.24, 2.45) is 5.92 Å². The number of benzene rings is 1. The van der Waals surface area contributed by atoms with Gasteiger partial charge in [0.2, 0.25) is 0 Å². The first-order valence-corrected chi connectivity index (χ1v) is 5.51. The van der Waals surface area contributed by atoms with Crippen LogP contribution in [0.3, 0.4) is 0 Å². The van der Waals surface area contributed by atoms with Crippen molar-refractivity contribution in [3.63, 3.8) is 0 Å². The van der Waals surface area contributed by atoms with Gasteiger partial charge in [0.05, 0.1) is 18.2 Å². The summed E-state index contributed by atoms with van der Waals surface area (Å²) >= 11 is 0. The van der Waals surface area contributed by atoms with E-state index in [1.165, 1.54) is 0 Å². The fourth-order valence-corrected chi connectivity index (χ4v) is 1.16. The zero-order valence-electron chi connectivity index (χ0n) is 10.1. The van der Waals surface area contributed by atoms with E-state index < -0.39 is 6.09 Å². The van der Waals surface area contributed by atoms with Crippen molar-refractivity contribution < 1.29 is 9.53 Å². The Morgan fingerprint density at radius 1 is 1.41 bits per heavy atom. The summed E-state index contributed by atoms with van der Waals surface area (Å²) < 4.78 is 4.97. The highest BCUT2D eigenvalue weighted by atomic mass is 16.5. The van der Waals surface area contributed by atoms with Crippen LogP contribution in [0.15, 0.2) is 24.3 Å². The molecule has 0 aromatic heterocycles. The molecule has 1 N–H and O–H groups in total. The number of alkyl carbamates (subject to hydrolysis) is 1. The average molecular weight is 232 g/mol. The van der Waals surface area contributed by atoms with E-state index in [2.05, 4.69) is 5.32 Å². The van der Waals surface area contributed by atoms with E-state index in [-0.39, 0.29) is 0 Å². The van der Waals surface area contributed by atoms with Gasteiger partial charge in [0, 0.05) is 6.54 Å². The number of carbonyl (C=O) groups excluding carboxylic acids is 1. The third-order valence-electron chi connectivity index (χ3n) is 2.07. The first-order chi connectivity index (χ1) is 8.11. The lowest BCUT2D eigenvalue weighted by molar-refractivity contribution is 0.132. The highest BCUT2D eigenvalue weighted by molar-refractivity contribution is 5.67. The van der Waals surface area contributed by atoms with E-state index in [1.807, 2.05) is 19.9 Å². The molecule has 0 unspecified atom stereocenters. The molecule has 0 fully saturated rings. The minimum atomic E-state index is -0.414. The van der Waals surface area contributed by atoms with Crippen LogP contribution in [0.5, 0.6) is 0 Å². The van der Waals surface area contributed by atoms with Crippen molar-refractivity contribution in [2.75, 3.05) is 6.61 Å². The van der Waals surface area contributed by atoms with Gasteiger partial charge in [-0.1, -0.05) is 26.0 Å². The zero-order valence-corrected chi connectivity index (χ0v) is 10.1. The van der Waals surface area contributed by atoms with Crippen LogP contribution in [0.2, 0.25) is 0 Å². The molecule has 0 heterocycles. The monoisotopic (exact) mass is 232 g/mol. The lowest BCUT2D eigenvalue weighted by Crippen LogP contribution is -2.25. The van der Waals surface area contributed by atoms with Crippen LogP contribution in [0.1, 0.15) is 25.0 Å². The van der Waals surface area contributed by atoms with Gasteiger partial charge in [0.1, 0.15) is 0 Å². The molecule has 0 aliphatic carbocycles. The number of rotatable bonds is 4. The molecular weight excluding hydrogens is 216 g/mol. The molecule has 1 aromatic rings. The summed E-state index contributed by atoms with van der Waals surface area (Å²) in [4.78, 5) is 11.3. The summed E-state index contributed by atoms with van der Waals surface area (Å²) in [7, 11) is 0. The van der Waals surface area contributed by atoms with E-state index in [0.717, 1.165) is 5.56 Å². The fraction of sp³-hybridized carbons (Fsp3) is 0.385. The van der Waals surface area contributed by atoms with Gasteiger partial charge in [-0.25, -0.2) is 4.79 Å². The predicted octanol–water partition coefficient (Wildman–Crippen LogP) is 2.44. The SMILES string of the molecule is CC(C)COC(=O)NCc1ccc(C#N)cc1. The maximum atomic E-state index is 11.3. The van der Waals surface area contributed by atoms with E-state index in [1.54, 1.807) is 24.3 Å². The highest BCUT2D eigenvalue weighted by Crippen LogP contribution is 2.03. The number of nitriles is 1. The molecule has 0 atom stereocenters. The van der Waals surface area contributed by atoms with Gasteiger partial charge in [-0.15, -0.1) is 0 Å². The van der Waals surface area contributed by atoms with Gasteiger partial charge in [0.15, 0.2) is 0 Å². The smallest absolute Gasteiger partial charge is 0.407 e. The summed E-state index contributed by atoms with van der Waals surface area (Å²) in [5.74, 6) is 0.329. The van der Waals surface area contributed by atoms with Crippen LogP contribution in [0, 0.1) is 17.2 Å². The van der Waals surface area contributed by atoms with Crippen molar-refractivity contribution in [2.45, 2.75) is 20.4 Å². The Hall–Kier alpha value is -2.02. The van der Waals surface area contributed by atoms with E-state index in [9.17, 15) is 4.79 Å². The van der Waals surface area contributed by atoms with Gasteiger partial charge < -0.3 is 10.1 Å². The second-order valence-electron chi connectivity index (χ2n) is 4.15. The molecule has 0 spiro atoms. The number of hydrogen-bond donors (Lipinski definition) is 1. The number of carbonyl (C=O) groups is 1. The van der Waals surface area contributed by atoms with Crippen molar-refractivity contribution in [1.82, 2.24) is 5.32 Å². The molecule has 0 saturated heterocycles. The zero-order chi connectivity index (χ0) is 12.7. The van der Waals surface area contributed by atoms with E-state index >= 15 is 0 Å². The molecule has 0 aliphatic heterocycles. The summed E-state index contributed by atoms with van der Waals surface area (Å²) in [5, 5.41) is 11.3. The molecule has 90 valence electrons. The first-order valence-electron chi connectivity index (χ1n) is 5.51. The Kier molecular flexibility index (Phi) is 5.02. The van der Waals surface area contributed by atoms with Crippen molar-refractivity contribution in [1.29, 1.82) is 5.26 Å². The summed E-state index contributed by atoms with van der Waals surface area (Å²) in [6.45, 7) is 4.78. The molecule has 0 saturated carbocycles. The minimum absolute atomic E-state index is 0.329. The van der Waals surface area contributed by atoms with E-state index in [4.69, 9.17) is 10.00 Å². The Morgan fingerprint density at radius 3 is 2.59 bits per heavy atom. The van der Waals surface area contributed by atoms with Gasteiger partial charge >= 0.3 is 6.09 Å². The van der Waals surface area contributed by atoms with Gasteiger partial charge in [0.25, 0.3) is 0 Å². The molecule has 4 nitrogen and oxygen atoms in total. The molecular formula is C13H16N2O2. The van der Waals surface area contributed by atoms with Crippen LogP contribution in [0.4, 0.5) is 4.79 Å². The van der Waals surface area contributed by atoms with Crippen molar-refractivity contribution in [3.8, 4) is 6.07 Å². The molecule has 4 heteroatoms. The Bertz CT molecular complexity index is 404. The Balaban J connectivity index is 2.35. The van der Waals surface area contributed by atoms with Gasteiger partial charge in [-0.05, 0) is 23.6 Å². The van der Waals surface area contributed by atoms with Gasteiger partial charge in [-0.3, -0.25) is 0 Å². The summed E-state index contributed by atoms with van der Waals surface area (Å²) in [6.07, 6.45) is -0.414. The molecule has 0 aliphatic rings. The third-order valence-corrected chi connectivity index (χ3v) is 2.07. The summed E-state index contributed by atoms with van der Waals surface area (Å²) in [6, 6.07) is 9.09. The van der Waals surface area contributed by atoms with Crippen molar-refractivity contribution >= 4 is 6.09 Å².